The Morgan fingerprint density at radius 3 is 2.70 bits per heavy atom. The fourth-order valence-electron chi connectivity index (χ4n) is 3.13. The highest BCUT2D eigenvalue weighted by molar-refractivity contribution is 5.81. The first-order valence-corrected chi connectivity index (χ1v) is 8.24. The standard InChI is InChI=1S/C18H25N3O2/c1-15(22)21(8-7-20-9-11-23-12-10-20)14-17-13-16-5-3-4-6-18(16)19(17)2/h3-6,13H,7-12,14H2,1-2H3. The molecule has 124 valence electrons. The number of fused-ring (bicyclic) bond motifs is 1. The van der Waals surface area contributed by atoms with E-state index in [4.69, 9.17) is 4.74 Å². The molecule has 23 heavy (non-hydrogen) atoms. The molecule has 2 aromatic rings. The lowest BCUT2D eigenvalue weighted by Crippen LogP contribution is -2.42. The monoisotopic (exact) mass is 315 g/mol. The number of amides is 1. The number of nitrogens with zero attached hydrogens (tertiary/aromatic N) is 3. The van der Waals surface area contributed by atoms with Crippen molar-refractivity contribution in [1.82, 2.24) is 14.4 Å². The number of hydrogen-bond donors (Lipinski definition) is 0. The Labute approximate surface area is 137 Å². The fourth-order valence-corrected chi connectivity index (χ4v) is 3.13. The van der Waals surface area contributed by atoms with Crippen LogP contribution in [0, 0.1) is 0 Å². The van der Waals surface area contributed by atoms with Gasteiger partial charge in [0.1, 0.15) is 0 Å². The van der Waals surface area contributed by atoms with Gasteiger partial charge in [-0.3, -0.25) is 9.69 Å². The van der Waals surface area contributed by atoms with Gasteiger partial charge in [0.15, 0.2) is 0 Å². The molecule has 1 aliphatic heterocycles. The maximum atomic E-state index is 12.0. The molecule has 1 aromatic heterocycles. The molecule has 5 heteroatoms. The van der Waals surface area contributed by atoms with Crippen LogP contribution >= 0.6 is 0 Å². The number of carbonyl (C=O) groups excluding carboxylic acids is 1. The minimum atomic E-state index is 0.128. The fraction of sp³-hybridized carbons (Fsp3) is 0.500. The first-order valence-electron chi connectivity index (χ1n) is 8.24. The van der Waals surface area contributed by atoms with Gasteiger partial charge in [-0.2, -0.15) is 0 Å². The Morgan fingerprint density at radius 2 is 2.00 bits per heavy atom. The van der Waals surface area contributed by atoms with Crippen molar-refractivity contribution in [2.75, 3.05) is 39.4 Å². The zero-order chi connectivity index (χ0) is 16.2. The molecule has 0 aliphatic carbocycles. The average molecular weight is 315 g/mol. The van der Waals surface area contributed by atoms with E-state index in [9.17, 15) is 4.79 Å². The normalized spacial score (nSPS) is 15.9. The molecule has 0 bridgehead atoms. The third-order valence-corrected chi connectivity index (χ3v) is 4.64. The summed E-state index contributed by atoms with van der Waals surface area (Å²) in [6.07, 6.45) is 0. The molecule has 1 amide bonds. The first kappa shape index (κ1) is 16.0. The molecule has 2 heterocycles. The van der Waals surface area contributed by atoms with E-state index in [-0.39, 0.29) is 5.91 Å². The van der Waals surface area contributed by atoms with Gasteiger partial charge in [-0.15, -0.1) is 0 Å². The molecule has 5 nitrogen and oxygen atoms in total. The second kappa shape index (κ2) is 7.15. The summed E-state index contributed by atoms with van der Waals surface area (Å²) in [6.45, 7) is 7.49. The number of rotatable bonds is 5. The second-order valence-electron chi connectivity index (χ2n) is 6.15. The number of carbonyl (C=O) groups is 1. The van der Waals surface area contributed by atoms with Crippen molar-refractivity contribution in [3.05, 3.63) is 36.0 Å². The number of aryl methyl sites for hydroxylation is 1. The van der Waals surface area contributed by atoms with Gasteiger partial charge in [0.05, 0.1) is 19.8 Å². The van der Waals surface area contributed by atoms with Crippen molar-refractivity contribution in [3.63, 3.8) is 0 Å². The third-order valence-electron chi connectivity index (χ3n) is 4.64. The van der Waals surface area contributed by atoms with Crippen LogP contribution in [0.3, 0.4) is 0 Å². The smallest absolute Gasteiger partial charge is 0.219 e. The van der Waals surface area contributed by atoms with Gasteiger partial charge in [0, 0.05) is 51.4 Å². The zero-order valence-corrected chi connectivity index (χ0v) is 14.0. The predicted octanol–water partition coefficient (Wildman–Crippen LogP) is 1.86. The maximum Gasteiger partial charge on any atom is 0.219 e. The van der Waals surface area contributed by atoms with Gasteiger partial charge in [0.25, 0.3) is 0 Å². The van der Waals surface area contributed by atoms with Gasteiger partial charge in [-0.25, -0.2) is 0 Å². The molecular formula is C18H25N3O2. The minimum absolute atomic E-state index is 0.128. The summed E-state index contributed by atoms with van der Waals surface area (Å²) in [4.78, 5) is 16.3. The van der Waals surface area contributed by atoms with Gasteiger partial charge in [-0.05, 0) is 17.5 Å². The van der Waals surface area contributed by atoms with Gasteiger partial charge >= 0.3 is 0 Å². The van der Waals surface area contributed by atoms with E-state index < -0.39 is 0 Å². The van der Waals surface area contributed by atoms with Crippen molar-refractivity contribution in [1.29, 1.82) is 0 Å². The number of ether oxygens (including phenoxy) is 1. The Kier molecular flexibility index (Phi) is 4.98. The van der Waals surface area contributed by atoms with Gasteiger partial charge in [-0.1, -0.05) is 18.2 Å². The molecule has 0 unspecified atom stereocenters. The zero-order valence-electron chi connectivity index (χ0n) is 14.0. The Bertz CT molecular complexity index is 674. The highest BCUT2D eigenvalue weighted by Gasteiger charge is 2.16. The van der Waals surface area contributed by atoms with Crippen LogP contribution in [-0.2, 0) is 23.1 Å². The van der Waals surface area contributed by atoms with Crippen LogP contribution in [-0.4, -0.2) is 59.7 Å². The molecule has 0 spiro atoms. The Hall–Kier alpha value is -1.85. The van der Waals surface area contributed by atoms with Crippen molar-refractivity contribution in [3.8, 4) is 0 Å². The van der Waals surface area contributed by atoms with Crippen LogP contribution in [0.1, 0.15) is 12.6 Å². The number of para-hydroxylation sites is 1. The van der Waals surface area contributed by atoms with Crippen molar-refractivity contribution >= 4 is 16.8 Å². The highest BCUT2D eigenvalue weighted by Crippen LogP contribution is 2.19. The SMILES string of the molecule is CC(=O)N(CCN1CCOCC1)Cc1cc2ccccc2n1C. The van der Waals surface area contributed by atoms with Crippen molar-refractivity contribution in [2.24, 2.45) is 7.05 Å². The van der Waals surface area contributed by atoms with E-state index in [1.165, 1.54) is 16.6 Å². The topological polar surface area (TPSA) is 37.7 Å². The van der Waals surface area contributed by atoms with Crippen LogP contribution in [0.2, 0.25) is 0 Å². The molecule has 0 atom stereocenters. The molecule has 3 rings (SSSR count). The lowest BCUT2D eigenvalue weighted by atomic mass is 10.2. The van der Waals surface area contributed by atoms with E-state index >= 15 is 0 Å². The molecule has 1 aromatic carbocycles. The summed E-state index contributed by atoms with van der Waals surface area (Å²) in [5.41, 5.74) is 2.38. The molecule has 0 N–H and O–H groups in total. The molecule has 1 fully saturated rings. The molecule has 1 saturated heterocycles. The van der Waals surface area contributed by atoms with Crippen LogP contribution in [0.25, 0.3) is 10.9 Å². The summed E-state index contributed by atoms with van der Waals surface area (Å²) in [7, 11) is 2.07. The van der Waals surface area contributed by atoms with Crippen LogP contribution < -0.4 is 0 Å². The van der Waals surface area contributed by atoms with Crippen molar-refractivity contribution in [2.45, 2.75) is 13.5 Å². The number of aromatic nitrogens is 1. The van der Waals surface area contributed by atoms with Crippen LogP contribution in [0.5, 0.6) is 0 Å². The number of morpholine rings is 1. The average Bonchev–Trinajstić information content (AvgIpc) is 2.88. The Balaban J connectivity index is 1.68. The van der Waals surface area contributed by atoms with Crippen LogP contribution in [0.4, 0.5) is 0 Å². The van der Waals surface area contributed by atoms with E-state index in [1.54, 1.807) is 6.92 Å². The quantitative estimate of drug-likeness (QED) is 0.845. The molecule has 0 saturated carbocycles. The minimum Gasteiger partial charge on any atom is -0.379 e. The molecular weight excluding hydrogens is 290 g/mol. The van der Waals surface area contributed by atoms with E-state index in [0.29, 0.717) is 6.54 Å². The second-order valence-corrected chi connectivity index (χ2v) is 6.15. The van der Waals surface area contributed by atoms with E-state index in [0.717, 1.165) is 39.4 Å². The lowest BCUT2D eigenvalue weighted by Gasteiger charge is -2.29. The summed E-state index contributed by atoms with van der Waals surface area (Å²) in [5.74, 6) is 0.128. The van der Waals surface area contributed by atoms with Gasteiger partial charge < -0.3 is 14.2 Å². The van der Waals surface area contributed by atoms with Gasteiger partial charge in [0.2, 0.25) is 5.91 Å². The molecule has 1 aliphatic rings. The predicted molar refractivity (Wildman–Crippen MR) is 91.3 cm³/mol. The van der Waals surface area contributed by atoms with Crippen molar-refractivity contribution < 1.29 is 9.53 Å². The van der Waals surface area contributed by atoms with E-state index in [2.05, 4.69) is 34.7 Å². The van der Waals surface area contributed by atoms with E-state index in [1.807, 2.05) is 17.0 Å². The summed E-state index contributed by atoms with van der Waals surface area (Å²) < 4.78 is 7.55. The number of benzene rings is 1. The summed E-state index contributed by atoms with van der Waals surface area (Å²) in [6, 6.07) is 10.5. The van der Waals surface area contributed by atoms with Crippen LogP contribution in [0.15, 0.2) is 30.3 Å². The summed E-state index contributed by atoms with van der Waals surface area (Å²) >= 11 is 0. The molecule has 0 radical (unpaired) electrons. The summed E-state index contributed by atoms with van der Waals surface area (Å²) in [5, 5.41) is 1.22. The lowest BCUT2D eigenvalue weighted by molar-refractivity contribution is -0.129. The largest absolute Gasteiger partial charge is 0.379 e. The maximum absolute atomic E-state index is 12.0. The number of hydrogen-bond acceptors (Lipinski definition) is 3. The first-order chi connectivity index (χ1) is 11.1. The Morgan fingerprint density at radius 1 is 1.26 bits per heavy atom. The third kappa shape index (κ3) is 3.74. The highest BCUT2D eigenvalue weighted by atomic mass is 16.5.